The Morgan fingerprint density at radius 2 is 2.11 bits per heavy atom. The van der Waals surface area contributed by atoms with Gasteiger partial charge >= 0.3 is 0 Å². The van der Waals surface area contributed by atoms with E-state index < -0.39 is 0 Å². The predicted molar refractivity (Wildman–Crippen MR) is 70.4 cm³/mol. The highest BCUT2D eigenvalue weighted by atomic mass is 79.9. The molecular weight excluding hydrogens is 298 g/mol. The molecule has 0 atom stereocenters. The van der Waals surface area contributed by atoms with Gasteiger partial charge in [0, 0.05) is 17.6 Å². The van der Waals surface area contributed by atoms with Crippen LogP contribution in [0.25, 0.3) is 5.69 Å². The maximum Gasteiger partial charge on any atom is 0.273 e. The minimum Gasteiger partial charge on any atom is -0.349 e. The van der Waals surface area contributed by atoms with E-state index in [0.29, 0.717) is 13.1 Å². The molecule has 1 amide bonds. The van der Waals surface area contributed by atoms with E-state index in [0.717, 1.165) is 10.2 Å². The van der Waals surface area contributed by atoms with Crippen molar-refractivity contribution in [3.8, 4) is 5.69 Å². The lowest BCUT2D eigenvalue weighted by Gasteiger charge is -2.00. The van der Waals surface area contributed by atoms with Gasteiger partial charge in [-0.2, -0.15) is 9.90 Å². The van der Waals surface area contributed by atoms with Crippen LogP contribution < -0.4 is 11.1 Å². The van der Waals surface area contributed by atoms with Crippen molar-refractivity contribution in [2.75, 3.05) is 13.1 Å². The maximum absolute atomic E-state index is 11.6. The van der Waals surface area contributed by atoms with E-state index in [-0.39, 0.29) is 11.6 Å². The van der Waals surface area contributed by atoms with Crippen LogP contribution in [0.1, 0.15) is 10.5 Å². The quantitative estimate of drug-likeness (QED) is 0.871. The van der Waals surface area contributed by atoms with Crippen molar-refractivity contribution in [3.05, 3.63) is 40.6 Å². The van der Waals surface area contributed by atoms with Crippen LogP contribution in [-0.2, 0) is 0 Å². The Labute approximate surface area is 112 Å². The fourth-order valence-corrected chi connectivity index (χ4v) is 1.61. The molecule has 0 radical (unpaired) electrons. The fraction of sp³-hybridized carbons (Fsp3) is 0.182. The number of amides is 1. The number of benzene rings is 1. The summed E-state index contributed by atoms with van der Waals surface area (Å²) in [6.45, 7) is 0.816. The Morgan fingerprint density at radius 3 is 2.78 bits per heavy atom. The molecule has 0 unspecified atom stereocenters. The molecule has 0 saturated heterocycles. The number of carbonyl (C=O) groups is 1. The van der Waals surface area contributed by atoms with Crippen molar-refractivity contribution < 1.29 is 4.79 Å². The first-order valence-electron chi connectivity index (χ1n) is 5.37. The van der Waals surface area contributed by atoms with E-state index in [1.807, 2.05) is 24.3 Å². The third-order valence-corrected chi connectivity index (χ3v) is 2.74. The van der Waals surface area contributed by atoms with E-state index in [1.54, 1.807) is 0 Å². The molecule has 2 rings (SSSR count). The summed E-state index contributed by atoms with van der Waals surface area (Å²) >= 11 is 3.35. The average molecular weight is 310 g/mol. The molecule has 2 aromatic rings. The molecule has 1 aromatic heterocycles. The molecule has 0 spiro atoms. The van der Waals surface area contributed by atoms with E-state index >= 15 is 0 Å². The lowest BCUT2D eigenvalue weighted by Crippen LogP contribution is -2.29. The smallest absolute Gasteiger partial charge is 0.273 e. The molecule has 0 bridgehead atoms. The summed E-state index contributed by atoms with van der Waals surface area (Å²) < 4.78 is 0.972. The number of hydrogen-bond acceptors (Lipinski definition) is 4. The standard InChI is InChI=1S/C11H12BrN5O/c12-8-1-3-9(4-2-8)17-15-7-10(16-17)11(18)14-6-5-13/h1-4,7H,5-6,13H2,(H,14,18). The molecule has 1 heterocycles. The van der Waals surface area contributed by atoms with Gasteiger partial charge in [0.2, 0.25) is 0 Å². The monoisotopic (exact) mass is 309 g/mol. The lowest BCUT2D eigenvalue weighted by molar-refractivity contribution is 0.0949. The summed E-state index contributed by atoms with van der Waals surface area (Å²) in [4.78, 5) is 13.0. The van der Waals surface area contributed by atoms with Gasteiger partial charge in [-0.05, 0) is 24.3 Å². The zero-order valence-corrected chi connectivity index (χ0v) is 11.1. The van der Waals surface area contributed by atoms with Gasteiger partial charge in [0.25, 0.3) is 5.91 Å². The Balaban J connectivity index is 2.15. The van der Waals surface area contributed by atoms with Crippen LogP contribution in [0.5, 0.6) is 0 Å². The first kappa shape index (κ1) is 12.7. The summed E-state index contributed by atoms with van der Waals surface area (Å²) in [6.07, 6.45) is 1.42. The Morgan fingerprint density at radius 1 is 1.39 bits per heavy atom. The summed E-state index contributed by atoms with van der Waals surface area (Å²) in [7, 11) is 0. The number of carbonyl (C=O) groups excluding carboxylic acids is 1. The number of halogens is 1. The third kappa shape index (κ3) is 2.93. The number of nitrogens with zero attached hydrogens (tertiary/aromatic N) is 3. The van der Waals surface area contributed by atoms with Gasteiger partial charge in [-0.1, -0.05) is 15.9 Å². The van der Waals surface area contributed by atoms with Gasteiger partial charge in [-0.3, -0.25) is 4.79 Å². The molecule has 0 aliphatic carbocycles. The zero-order valence-electron chi connectivity index (χ0n) is 9.51. The molecule has 94 valence electrons. The second-order valence-corrected chi connectivity index (χ2v) is 4.46. The van der Waals surface area contributed by atoms with E-state index in [1.165, 1.54) is 11.0 Å². The highest BCUT2D eigenvalue weighted by molar-refractivity contribution is 9.10. The first-order chi connectivity index (χ1) is 8.70. The van der Waals surface area contributed by atoms with Crippen LogP contribution in [0, 0.1) is 0 Å². The second kappa shape index (κ2) is 5.74. The van der Waals surface area contributed by atoms with E-state index in [2.05, 4.69) is 31.4 Å². The molecular formula is C11H12BrN5O. The van der Waals surface area contributed by atoms with Crippen molar-refractivity contribution in [3.63, 3.8) is 0 Å². The van der Waals surface area contributed by atoms with Gasteiger partial charge < -0.3 is 11.1 Å². The van der Waals surface area contributed by atoms with Crippen molar-refractivity contribution in [1.29, 1.82) is 0 Å². The third-order valence-electron chi connectivity index (χ3n) is 2.21. The largest absolute Gasteiger partial charge is 0.349 e. The molecule has 0 aliphatic rings. The molecule has 0 fully saturated rings. The van der Waals surface area contributed by atoms with Gasteiger partial charge in [-0.15, -0.1) is 5.10 Å². The van der Waals surface area contributed by atoms with Gasteiger partial charge in [0.15, 0.2) is 5.69 Å². The van der Waals surface area contributed by atoms with Crippen molar-refractivity contribution >= 4 is 21.8 Å². The molecule has 18 heavy (non-hydrogen) atoms. The SMILES string of the molecule is NCCNC(=O)c1cnn(-c2ccc(Br)cc2)n1. The van der Waals surface area contributed by atoms with Crippen LogP contribution in [-0.4, -0.2) is 34.0 Å². The molecule has 0 saturated carbocycles. The first-order valence-corrected chi connectivity index (χ1v) is 6.16. The minimum absolute atomic E-state index is 0.270. The Bertz CT molecular complexity index is 537. The number of nitrogens with two attached hydrogens (primary N) is 1. The number of hydrogen-bond donors (Lipinski definition) is 2. The summed E-state index contributed by atoms with van der Waals surface area (Å²) in [5, 5.41) is 10.8. The zero-order chi connectivity index (χ0) is 13.0. The lowest BCUT2D eigenvalue weighted by atomic mass is 10.3. The molecule has 6 nitrogen and oxygen atoms in total. The van der Waals surface area contributed by atoms with Crippen LogP contribution in [0.4, 0.5) is 0 Å². The van der Waals surface area contributed by atoms with Crippen molar-refractivity contribution in [2.45, 2.75) is 0 Å². The number of rotatable bonds is 4. The van der Waals surface area contributed by atoms with E-state index in [4.69, 9.17) is 5.73 Å². The maximum atomic E-state index is 11.6. The summed E-state index contributed by atoms with van der Waals surface area (Å²) in [5.74, 6) is -0.274. The van der Waals surface area contributed by atoms with Gasteiger partial charge in [0.05, 0.1) is 11.9 Å². The summed E-state index contributed by atoms with van der Waals surface area (Å²) in [5.41, 5.74) is 6.36. The highest BCUT2D eigenvalue weighted by Gasteiger charge is 2.10. The molecule has 1 aromatic carbocycles. The van der Waals surface area contributed by atoms with Crippen molar-refractivity contribution in [1.82, 2.24) is 20.3 Å². The molecule has 3 N–H and O–H groups in total. The normalized spacial score (nSPS) is 10.3. The highest BCUT2D eigenvalue weighted by Crippen LogP contribution is 2.12. The second-order valence-electron chi connectivity index (χ2n) is 3.54. The number of nitrogens with one attached hydrogen (secondary N) is 1. The van der Waals surface area contributed by atoms with Gasteiger partial charge in [0.1, 0.15) is 0 Å². The van der Waals surface area contributed by atoms with Crippen molar-refractivity contribution in [2.24, 2.45) is 5.73 Å². The van der Waals surface area contributed by atoms with Crippen LogP contribution >= 0.6 is 15.9 Å². The molecule has 7 heteroatoms. The summed E-state index contributed by atoms with van der Waals surface area (Å²) in [6, 6.07) is 7.47. The predicted octanol–water partition coefficient (Wildman–Crippen LogP) is 0.718. The minimum atomic E-state index is -0.274. The molecule has 0 aliphatic heterocycles. The van der Waals surface area contributed by atoms with E-state index in [9.17, 15) is 4.79 Å². The fourth-order valence-electron chi connectivity index (χ4n) is 1.34. The average Bonchev–Trinajstić information content (AvgIpc) is 2.86. The Hall–Kier alpha value is -1.73. The van der Waals surface area contributed by atoms with Gasteiger partial charge in [-0.25, -0.2) is 0 Å². The Kier molecular flexibility index (Phi) is 4.06. The van der Waals surface area contributed by atoms with Crippen LogP contribution in [0.3, 0.4) is 0 Å². The van der Waals surface area contributed by atoms with Crippen LogP contribution in [0.15, 0.2) is 34.9 Å². The number of aromatic nitrogens is 3. The van der Waals surface area contributed by atoms with Crippen LogP contribution in [0.2, 0.25) is 0 Å². The topological polar surface area (TPSA) is 85.8 Å².